The summed E-state index contributed by atoms with van der Waals surface area (Å²) in [6.45, 7) is 2.11. The number of nitrogens with one attached hydrogen (secondary N) is 1. The normalized spacial score (nSPS) is 16.1. The summed E-state index contributed by atoms with van der Waals surface area (Å²) in [7, 11) is 0. The molecule has 1 aromatic heterocycles. The Kier molecular flexibility index (Phi) is 5.32. The topological polar surface area (TPSA) is 112 Å². The number of aromatic hydroxyl groups is 1. The number of nitrogens with zero attached hydrogens (tertiary/aromatic N) is 2. The van der Waals surface area contributed by atoms with Crippen molar-refractivity contribution in [2.24, 2.45) is 0 Å². The van der Waals surface area contributed by atoms with Crippen LogP contribution in [0.4, 0.5) is 10.1 Å². The molecule has 1 aliphatic rings. The molecule has 3 N–H and O–H groups in total. The summed E-state index contributed by atoms with van der Waals surface area (Å²) < 4.78 is 16.4. The molecule has 8 nitrogen and oxygen atoms in total. The van der Waals surface area contributed by atoms with E-state index in [2.05, 4.69) is 5.43 Å². The summed E-state index contributed by atoms with van der Waals surface area (Å²) in [4.78, 5) is 36.3. The number of benzene rings is 2. The number of amides is 1. The predicted molar refractivity (Wildman–Crippen MR) is 115 cm³/mol. The van der Waals surface area contributed by atoms with E-state index in [0.29, 0.717) is 17.6 Å². The lowest BCUT2D eigenvalue weighted by atomic mass is 10.1. The van der Waals surface area contributed by atoms with Gasteiger partial charge in [0.15, 0.2) is 0 Å². The van der Waals surface area contributed by atoms with Crippen molar-refractivity contribution in [2.45, 2.75) is 18.8 Å². The number of fused-ring (bicyclic) bond motifs is 1. The first kappa shape index (κ1) is 20.7. The number of anilines is 1. The van der Waals surface area contributed by atoms with Crippen LogP contribution in [0.25, 0.3) is 10.9 Å². The number of hydrogen-bond donors (Lipinski definition) is 3. The number of thioether (sulfide) groups is 1. The number of aromatic nitrogens is 1. The number of phenols is 1. The number of carbonyl (C=O) groups excluding carboxylic acids is 1. The molecule has 0 spiro atoms. The van der Waals surface area contributed by atoms with Gasteiger partial charge in [-0.25, -0.2) is 14.2 Å². The third kappa shape index (κ3) is 3.59. The number of halogens is 1. The summed E-state index contributed by atoms with van der Waals surface area (Å²) in [6, 6.07) is 8.93. The minimum absolute atomic E-state index is 0.0153. The molecule has 160 valence electrons. The SMILES string of the molecule is CCn1cc(C(=O)O)c(=O)c2cc(F)c(NN3C(=O)CSC3c3ccccc3O)cc21. The predicted octanol–water partition coefficient (Wildman–Crippen LogP) is 3.17. The van der Waals surface area contributed by atoms with Crippen molar-refractivity contribution in [3.05, 3.63) is 69.8 Å². The van der Waals surface area contributed by atoms with Crippen LogP contribution in [-0.4, -0.2) is 37.4 Å². The van der Waals surface area contributed by atoms with Crippen LogP contribution in [0, 0.1) is 5.82 Å². The molecule has 31 heavy (non-hydrogen) atoms. The number of carbonyl (C=O) groups is 2. The number of rotatable bonds is 5. The second kappa shape index (κ2) is 7.95. The number of para-hydroxylation sites is 1. The molecule has 0 bridgehead atoms. The zero-order chi connectivity index (χ0) is 22.3. The summed E-state index contributed by atoms with van der Waals surface area (Å²) >= 11 is 1.28. The number of aryl methyl sites for hydroxylation is 1. The first-order chi connectivity index (χ1) is 14.8. The van der Waals surface area contributed by atoms with Crippen molar-refractivity contribution < 1.29 is 24.2 Å². The lowest BCUT2D eigenvalue weighted by Gasteiger charge is -2.26. The third-order valence-corrected chi connectivity index (χ3v) is 6.25. The molecule has 1 fully saturated rings. The Bertz CT molecular complexity index is 1280. The summed E-state index contributed by atoms with van der Waals surface area (Å²) in [6.07, 6.45) is 1.22. The van der Waals surface area contributed by atoms with Gasteiger partial charge in [-0.1, -0.05) is 18.2 Å². The van der Waals surface area contributed by atoms with Crippen LogP contribution in [0.15, 0.2) is 47.4 Å². The number of pyridine rings is 1. The quantitative estimate of drug-likeness (QED) is 0.555. The first-order valence-corrected chi connectivity index (χ1v) is 10.4. The molecule has 0 saturated carbocycles. The lowest BCUT2D eigenvalue weighted by Crippen LogP contribution is -2.34. The van der Waals surface area contributed by atoms with Crippen molar-refractivity contribution in [2.75, 3.05) is 11.2 Å². The molecule has 1 saturated heterocycles. The number of phenolic OH excluding ortho intramolecular Hbond substituents is 1. The number of carboxylic acid groups (broad SMARTS) is 1. The molecule has 1 atom stereocenters. The number of carboxylic acids is 1. The highest BCUT2D eigenvalue weighted by Gasteiger charge is 2.35. The van der Waals surface area contributed by atoms with E-state index in [1.807, 2.05) is 0 Å². The highest BCUT2D eigenvalue weighted by Crippen LogP contribution is 2.42. The molecule has 4 rings (SSSR count). The Hall–Kier alpha value is -3.53. The molecule has 10 heteroatoms. The van der Waals surface area contributed by atoms with E-state index >= 15 is 0 Å². The Balaban J connectivity index is 1.79. The van der Waals surface area contributed by atoms with Crippen LogP contribution in [0.5, 0.6) is 5.75 Å². The van der Waals surface area contributed by atoms with Gasteiger partial charge in [-0.2, -0.15) is 0 Å². The monoisotopic (exact) mass is 443 g/mol. The Labute approximate surface area is 179 Å². The van der Waals surface area contributed by atoms with Crippen LogP contribution >= 0.6 is 11.8 Å². The standard InChI is InChI=1S/C21H18FN3O5S/c1-2-24-9-13(21(29)30)19(28)12-7-14(22)15(8-16(12)24)23-25-18(27)10-31-20(25)11-5-3-4-6-17(11)26/h3-9,20,23,26H,2,10H2,1H3,(H,29,30). The summed E-state index contributed by atoms with van der Waals surface area (Å²) in [5.74, 6) is -2.34. The second-order valence-corrected chi connectivity index (χ2v) is 7.98. The number of aromatic carboxylic acids is 1. The van der Waals surface area contributed by atoms with Gasteiger partial charge < -0.3 is 14.8 Å². The van der Waals surface area contributed by atoms with Crippen molar-refractivity contribution in [3.8, 4) is 5.75 Å². The van der Waals surface area contributed by atoms with E-state index < -0.39 is 28.2 Å². The minimum Gasteiger partial charge on any atom is -0.508 e. The highest BCUT2D eigenvalue weighted by molar-refractivity contribution is 8.00. The molecule has 1 amide bonds. The Morgan fingerprint density at radius 2 is 2.03 bits per heavy atom. The maximum absolute atomic E-state index is 14.9. The van der Waals surface area contributed by atoms with Gasteiger partial charge in [0.1, 0.15) is 22.5 Å². The van der Waals surface area contributed by atoms with Gasteiger partial charge >= 0.3 is 5.97 Å². The Morgan fingerprint density at radius 1 is 1.29 bits per heavy atom. The average Bonchev–Trinajstić information content (AvgIpc) is 3.09. The number of hydrazine groups is 1. The zero-order valence-electron chi connectivity index (χ0n) is 16.3. The molecular weight excluding hydrogens is 425 g/mol. The Morgan fingerprint density at radius 3 is 2.71 bits per heavy atom. The molecule has 0 aliphatic carbocycles. The van der Waals surface area contributed by atoms with Crippen LogP contribution in [0.3, 0.4) is 0 Å². The van der Waals surface area contributed by atoms with E-state index in [9.17, 15) is 29.0 Å². The molecule has 1 unspecified atom stereocenters. The average molecular weight is 443 g/mol. The van der Waals surface area contributed by atoms with Crippen LogP contribution < -0.4 is 10.9 Å². The van der Waals surface area contributed by atoms with Gasteiger partial charge in [0.25, 0.3) is 5.91 Å². The van der Waals surface area contributed by atoms with Crippen LogP contribution in [0.1, 0.15) is 28.2 Å². The molecule has 0 radical (unpaired) electrons. The molecule has 2 aromatic carbocycles. The minimum atomic E-state index is -1.39. The largest absolute Gasteiger partial charge is 0.508 e. The maximum atomic E-state index is 14.9. The molecule has 3 aromatic rings. The van der Waals surface area contributed by atoms with Crippen molar-refractivity contribution >= 4 is 40.2 Å². The second-order valence-electron chi connectivity index (χ2n) is 6.91. The lowest BCUT2D eigenvalue weighted by molar-refractivity contribution is -0.126. The third-order valence-electron chi connectivity index (χ3n) is 5.05. The maximum Gasteiger partial charge on any atom is 0.341 e. The summed E-state index contributed by atoms with van der Waals surface area (Å²) in [5.41, 5.74) is 2.34. The zero-order valence-corrected chi connectivity index (χ0v) is 17.1. The fourth-order valence-electron chi connectivity index (χ4n) is 3.51. The van der Waals surface area contributed by atoms with Gasteiger partial charge in [-0.15, -0.1) is 11.8 Å². The van der Waals surface area contributed by atoms with E-state index in [1.54, 1.807) is 25.1 Å². The van der Waals surface area contributed by atoms with Gasteiger partial charge in [-0.05, 0) is 25.1 Å². The smallest absolute Gasteiger partial charge is 0.341 e. The molecule has 2 heterocycles. The van der Waals surface area contributed by atoms with Crippen LogP contribution in [-0.2, 0) is 11.3 Å². The van der Waals surface area contributed by atoms with Gasteiger partial charge in [0.2, 0.25) is 5.43 Å². The molecule has 1 aliphatic heterocycles. The van der Waals surface area contributed by atoms with Gasteiger partial charge in [0, 0.05) is 23.7 Å². The van der Waals surface area contributed by atoms with Crippen molar-refractivity contribution in [3.63, 3.8) is 0 Å². The van der Waals surface area contributed by atoms with E-state index in [4.69, 9.17) is 0 Å². The van der Waals surface area contributed by atoms with E-state index in [-0.39, 0.29) is 28.5 Å². The highest BCUT2D eigenvalue weighted by atomic mass is 32.2. The summed E-state index contributed by atoms with van der Waals surface area (Å²) in [5, 5.41) is 20.0. The van der Waals surface area contributed by atoms with Gasteiger partial charge in [-0.3, -0.25) is 15.0 Å². The van der Waals surface area contributed by atoms with Gasteiger partial charge in [0.05, 0.1) is 17.0 Å². The van der Waals surface area contributed by atoms with Crippen molar-refractivity contribution in [1.29, 1.82) is 0 Å². The first-order valence-electron chi connectivity index (χ1n) is 9.40. The molecular formula is C21H18FN3O5S. The fraction of sp³-hybridized carbons (Fsp3) is 0.190. The fourth-order valence-corrected chi connectivity index (χ4v) is 4.65. The number of hydrogen-bond acceptors (Lipinski definition) is 6. The van der Waals surface area contributed by atoms with E-state index in [0.717, 1.165) is 6.07 Å². The van der Waals surface area contributed by atoms with Crippen LogP contribution in [0.2, 0.25) is 0 Å². The van der Waals surface area contributed by atoms with Crippen molar-refractivity contribution in [1.82, 2.24) is 9.58 Å². The van der Waals surface area contributed by atoms with E-state index in [1.165, 1.54) is 39.7 Å².